The van der Waals surface area contributed by atoms with E-state index in [4.69, 9.17) is 32.7 Å². The van der Waals surface area contributed by atoms with Crippen LogP contribution < -0.4 is 28.7 Å². The number of anilines is 2. The predicted octanol–water partition coefficient (Wildman–Crippen LogP) is 11.9. The Labute approximate surface area is 409 Å². The van der Waals surface area contributed by atoms with Gasteiger partial charge in [-0.1, -0.05) is 49.2 Å². The number of ether oxygens (including phenoxy) is 4. The first-order chi connectivity index (χ1) is 33.6. The number of carbonyl (C=O) groups is 2. The predicted molar refractivity (Wildman–Crippen MR) is 251 cm³/mol. The van der Waals surface area contributed by atoms with Gasteiger partial charge in [-0.3, -0.25) is 9.59 Å². The summed E-state index contributed by atoms with van der Waals surface area (Å²) >= 11 is 16.9. The second-order valence-electron chi connectivity index (χ2n) is 14.2. The fraction of sp³-hybridized carbons (Fsp3) is 0.191. The van der Waals surface area contributed by atoms with Crippen molar-refractivity contribution in [3.8, 4) is 34.6 Å². The molecule has 0 saturated heterocycles. The lowest BCUT2D eigenvalue weighted by Gasteiger charge is -2.20. The van der Waals surface area contributed by atoms with Gasteiger partial charge in [0.1, 0.15) is 58.8 Å². The molecule has 4 aromatic heterocycles. The van der Waals surface area contributed by atoms with Crippen molar-refractivity contribution in [1.29, 1.82) is 0 Å². The van der Waals surface area contributed by atoms with E-state index in [9.17, 15) is 35.9 Å². The van der Waals surface area contributed by atoms with Crippen molar-refractivity contribution >= 4 is 79.8 Å². The Balaban J connectivity index is 0.000000193. The molecule has 0 radical (unpaired) electrons. The number of aromatic nitrogens is 6. The minimum absolute atomic E-state index is 0.00471. The maximum atomic E-state index is 13.1. The van der Waals surface area contributed by atoms with Gasteiger partial charge in [0.15, 0.2) is 0 Å². The lowest BCUT2D eigenvalue weighted by Crippen LogP contribution is -2.32. The molecule has 2 aliphatic rings. The zero-order valence-electron chi connectivity index (χ0n) is 36.8. The molecule has 0 spiro atoms. The van der Waals surface area contributed by atoms with Crippen molar-refractivity contribution in [2.45, 2.75) is 26.6 Å². The number of rotatable bonds is 6. The van der Waals surface area contributed by atoms with E-state index in [2.05, 4.69) is 41.0 Å². The number of fused-ring (bicyclic) bond motifs is 4. The van der Waals surface area contributed by atoms with Gasteiger partial charge in [0, 0.05) is 64.4 Å². The molecule has 0 fully saturated rings. The number of alkyl halides is 7. The van der Waals surface area contributed by atoms with Crippen molar-refractivity contribution in [3.63, 3.8) is 0 Å². The third-order valence-electron chi connectivity index (χ3n) is 10.2. The van der Waals surface area contributed by atoms with Crippen LogP contribution in [0.2, 0.25) is 10.3 Å². The maximum Gasteiger partial charge on any atom is 0.573 e. The topological polar surface area (TPSA) is 139 Å². The van der Waals surface area contributed by atoms with Gasteiger partial charge in [-0.05, 0) is 72.8 Å². The summed E-state index contributed by atoms with van der Waals surface area (Å²) in [4.78, 5) is 45.0. The van der Waals surface area contributed by atoms with E-state index in [1.165, 1.54) is 65.2 Å². The van der Waals surface area contributed by atoms with Crippen LogP contribution in [0.5, 0.6) is 23.3 Å². The first-order valence-electron chi connectivity index (χ1n) is 20.8. The molecular formula is C47H37Cl3F6N8O6. The summed E-state index contributed by atoms with van der Waals surface area (Å²) in [7, 11) is 0. The van der Waals surface area contributed by atoms with Crippen LogP contribution in [0.3, 0.4) is 0 Å². The molecule has 2 aliphatic heterocycles. The van der Waals surface area contributed by atoms with E-state index in [-0.39, 0.29) is 82.8 Å². The lowest BCUT2D eigenvalue weighted by molar-refractivity contribution is -0.275. The number of hydrogen-bond donors (Lipinski definition) is 0. The molecule has 70 heavy (non-hydrogen) atoms. The highest BCUT2D eigenvalue weighted by atomic mass is 35.5. The molecule has 4 aromatic carbocycles. The highest BCUT2D eigenvalue weighted by molar-refractivity contribution is 6.34. The monoisotopic (exact) mass is 1030 g/mol. The summed E-state index contributed by atoms with van der Waals surface area (Å²) < 4.78 is 98.1. The molecule has 364 valence electrons. The first-order valence-corrected chi connectivity index (χ1v) is 22.3. The number of carbonyl (C=O) groups excluding carboxylic acids is 2. The fourth-order valence-corrected chi connectivity index (χ4v) is 7.83. The number of nitrogens with zero attached hydrogens (tertiary/aromatic N) is 8. The van der Waals surface area contributed by atoms with Gasteiger partial charge in [0.05, 0.1) is 24.1 Å². The molecule has 0 unspecified atom stereocenters. The average Bonchev–Trinajstić information content (AvgIpc) is 3.86. The number of hydrogen-bond acceptors (Lipinski definition) is 10. The SMILES string of the molecule is CC.CCl.O=C1c2c(Cl)ncnc2OCCN1c1ccc2c(ccn2-c2cccc(OC(F)(F)F)c2)c1.O=C1c2c(Cl)ncnc2OCCN1c1ccc2c(ccn2-c2cccc(OC(F)(F)F)c2)c1. The van der Waals surface area contributed by atoms with Crippen LogP contribution in [0.25, 0.3) is 33.2 Å². The largest absolute Gasteiger partial charge is 0.573 e. The van der Waals surface area contributed by atoms with Crippen molar-refractivity contribution in [2.75, 3.05) is 42.5 Å². The smallest absolute Gasteiger partial charge is 0.475 e. The summed E-state index contributed by atoms with van der Waals surface area (Å²) in [6, 6.07) is 25.7. The van der Waals surface area contributed by atoms with Gasteiger partial charge < -0.3 is 37.9 Å². The minimum Gasteiger partial charge on any atom is -0.475 e. The van der Waals surface area contributed by atoms with Crippen LogP contribution in [-0.2, 0) is 0 Å². The van der Waals surface area contributed by atoms with Crippen LogP contribution in [0, 0.1) is 0 Å². The number of amides is 2. The van der Waals surface area contributed by atoms with Gasteiger partial charge in [0.25, 0.3) is 11.8 Å². The molecule has 0 bridgehead atoms. The quantitative estimate of drug-likeness (QED) is 0.0898. The molecule has 2 amide bonds. The Morgan fingerprint density at radius 2 is 0.943 bits per heavy atom. The van der Waals surface area contributed by atoms with E-state index in [0.29, 0.717) is 22.7 Å². The summed E-state index contributed by atoms with van der Waals surface area (Å²) in [6.45, 7) is 4.98. The van der Waals surface area contributed by atoms with E-state index in [1.54, 1.807) is 70.1 Å². The molecule has 8 aromatic rings. The zero-order valence-corrected chi connectivity index (χ0v) is 39.1. The van der Waals surface area contributed by atoms with Crippen molar-refractivity contribution < 1.29 is 54.9 Å². The number of benzene rings is 4. The van der Waals surface area contributed by atoms with Crippen molar-refractivity contribution in [2.24, 2.45) is 0 Å². The van der Waals surface area contributed by atoms with E-state index >= 15 is 0 Å². The van der Waals surface area contributed by atoms with Crippen LogP contribution in [-0.4, -0.2) is 86.3 Å². The first kappa shape index (κ1) is 50.6. The fourth-order valence-electron chi connectivity index (χ4n) is 7.42. The van der Waals surface area contributed by atoms with Crippen molar-refractivity contribution in [3.05, 3.63) is 144 Å². The summed E-state index contributed by atoms with van der Waals surface area (Å²) in [6.07, 6.45) is -2.16. The standard InChI is InChI=1S/2C22H14ClF3N4O3.C2H6.CH3Cl/c2*23-19-18-20(28-12-27-19)32-9-8-30(21(18)31)15-4-5-17-13(10-15)6-7-29(17)14-2-1-3-16(11-14)33-22(24,25)26;2*1-2/h2*1-7,10-12H,8-9H2;1-2H3;1H3. The Bertz CT molecular complexity index is 2960. The Kier molecular flexibility index (Phi) is 15.6. The molecule has 14 nitrogen and oxygen atoms in total. The van der Waals surface area contributed by atoms with E-state index < -0.39 is 12.7 Å². The van der Waals surface area contributed by atoms with E-state index in [0.717, 1.165) is 21.8 Å². The van der Waals surface area contributed by atoms with Gasteiger partial charge in [-0.15, -0.1) is 37.9 Å². The Morgan fingerprint density at radius 3 is 1.33 bits per heavy atom. The average molecular weight is 1030 g/mol. The third-order valence-corrected chi connectivity index (χ3v) is 10.8. The van der Waals surface area contributed by atoms with E-state index in [1.807, 2.05) is 26.0 Å². The van der Waals surface area contributed by atoms with Gasteiger partial charge in [-0.2, -0.15) is 0 Å². The molecule has 0 atom stereocenters. The Morgan fingerprint density at radius 1 is 0.543 bits per heavy atom. The zero-order chi connectivity index (χ0) is 50.3. The molecule has 0 N–H and O–H groups in total. The van der Waals surface area contributed by atoms with Crippen LogP contribution in [0.1, 0.15) is 34.6 Å². The highest BCUT2D eigenvalue weighted by Gasteiger charge is 2.33. The van der Waals surface area contributed by atoms with Gasteiger partial charge in [-0.25, -0.2) is 19.9 Å². The highest BCUT2D eigenvalue weighted by Crippen LogP contribution is 2.35. The normalized spacial score (nSPS) is 13.4. The molecule has 6 heterocycles. The summed E-state index contributed by atoms with van der Waals surface area (Å²) in [5, 5.41) is 1.57. The lowest BCUT2D eigenvalue weighted by atomic mass is 10.2. The van der Waals surface area contributed by atoms with Crippen LogP contribution in [0.15, 0.2) is 122 Å². The molecular weight excluding hydrogens is 993 g/mol. The third kappa shape index (κ3) is 11.2. The second-order valence-corrected chi connectivity index (χ2v) is 15.0. The van der Waals surface area contributed by atoms with Crippen LogP contribution in [0.4, 0.5) is 37.7 Å². The van der Waals surface area contributed by atoms with Crippen molar-refractivity contribution in [1.82, 2.24) is 29.1 Å². The van der Waals surface area contributed by atoms with Crippen LogP contribution >= 0.6 is 34.8 Å². The Hall–Kier alpha value is -7.29. The van der Waals surface area contributed by atoms with Gasteiger partial charge >= 0.3 is 12.7 Å². The second kappa shape index (κ2) is 21.6. The molecule has 0 aliphatic carbocycles. The molecule has 10 rings (SSSR count). The summed E-state index contributed by atoms with van der Waals surface area (Å²) in [5.74, 6) is -1.13. The maximum absolute atomic E-state index is 13.1. The molecule has 0 saturated carbocycles. The molecule has 23 heteroatoms. The summed E-state index contributed by atoms with van der Waals surface area (Å²) in [5.41, 5.74) is 3.87. The van der Waals surface area contributed by atoms with Gasteiger partial charge in [0.2, 0.25) is 11.8 Å². The minimum atomic E-state index is -4.78. The number of halogens is 9.